The average Bonchev–Trinajstić information content (AvgIpc) is 3.37. The number of esters is 12. The van der Waals surface area contributed by atoms with Crippen LogP contribution >= 0.6 is 0 Å². The number of carbonyl (C=O) groups excluding carboxylic acids is 12. The van der Waals surface area contributed by atoms with Gasteiger partial charge in [0.05, 0.1) is 26.2 Å². The molecule has 394 valence electrons. The van der Waals surface area contributed by atoms with Crippen molar-refractivity contribution in [3.63, 3.8) is 0 Å². The van der Waals surface area contributed by atoms with E-state index in [1.807, 2.05) is 0 Å². The van der Waals surface area contributed by atoms with Crippen molar-refractivity contribution in [3.8, 4) is 0 Å². The number of ether oxygens (including phenoxy) is 12. The lowest BCUT2D eigenvalue weighted by atomic mass is 10.3. The first kappa shape index (κ1) is 63.5. The van der Waals surface area contributed by atoms with Gasteiger partial charge in [0.25, 0.3) is 0 Å². The van der Waals surface area contributed by atoms with E-state index >= 15 is 0 Å². The van der Waals surface area contributed by atoms with E-state index in [1.54, 1.807) is 0 Å². The highest BCUT2D eigenvalue weighted by Gasteiger charge is 2.27. The maximum absolute atomic E-state index is 13.3. The van der Waals surface area contributed by atoms with Crippen molar-refractivity contribution in [2.75, 3.05) is 92.1 Å². The van der Waals surface area contributed by atoms with Crippen molar-refractivity contribution in [1.82, 2.24) is 9.80 Å². The van der Waals surface area contributed by atoms with Gasteiger partial charge in [-0.1, -0.05) is 52.6 Å². The summed E-state index contributed by atoms with van der Waals surface area (Å²) >= 11 is 0. The summed E-state index contributed by atoms with van der Waals surface area (Å²) in [6.45, 7) is 16.9. The summed E-state index contributed by atoms with van der Waals surface area (Å²) in [5.41, 5.74) is 0. The molecule has 0 aromatic heterocycles. The summed E-state index contributed by atoms with van der Waals surface area (Å²) < 4.78 is 60.7. The third-order valence-electron chi connectivity index (χ3n) is 7.97. The number of nitrogens with zero attached hydrogens (tertiary/aromatic N) is 2. The smallest absolute Gasteiger partial charge is 0.330 e. The van der Waals surface area contributed by atoms with Crippen molar-refractivity contribution < 1.29 is 114 Å². The third-order valence-corrected chi connectivity index (χ3v) is 7.97. The Morgan fingerprint density at radius 3 is 0.611 bits per heavy atom. The minimum atomic E-state index is -1.36. The fourth-order valence-electron chi connectivity index (χ4n) is 4.62. The summed E-state index contributed by atoms with van der Waals surface area (Å²) in [5, 5.41) is 0. The summed E-state index contributed by atoms with van der Waals surface area (Å²) in [4.78, 5) is 150. The van der Waals surface area contributed by atoms with Gasteiger partial charge in [-0.25, -0.2) is 38.4 Å². The molecule has 0 heterocycles. The van der Waals surface area contributed by atoms with E-state index in [0.29, 0.717) is 0 Å². The van der Waals surface area contributed by atoms with Crippen LogP contribution in [0.5, 0.6) is 0 Å². The molecule has 4 unspecified atom stereocenters. The van der Waals surface area contributed by atoms with Gasteiger partial charge in [-0.3, -0.25) is 29.0 Å². The predicted octanol–water partition coefficient (Wildman–Crippen LogP) is -0.929. The van der Waals surface area contributed by atoms with E-state index in [-0.39, 0.29) is 0 Å². The zero-order chi connectivity index (χ0) is 54.4. The first-order valence-electron chi connectivity index (χ1n) is 20.8. The Balaban J connectivity index is 6.76. The maximum atomic E-state index is 13.3. The minimum Gasteiger partial charge on any atom is -0.461 e. The standard InChI is InChI=1S/C46H56N2O24/c1-9-35(49)61-23-31(69-39(53)13-5)27-65-43(57)19-47(20-44(58)66-28-32(70-40(54)14-6)24-62-36(50)10-2)17-18-48(21-45(59)67-29-33(71-41(55)15-7)25-63-37(51)11-3)22-46(60)68-30-34(72-42(56)16-8)26-64-38(52)12-4/h9-16,31-34H,1-8,17-30H2. The van der Waals surface area contributed by atoms with Crippen LogP contribution in [0.3, 0.4) is 0 Å². The molecule has 4 atom stereocenters. The topological polar surface area (TPSA) is 322 Å². The van der Waals surface area contributed by atoms with E-state index in [4.69, 9.17) is 56.8 Å². The van der Waals surface area contributed by atoms with Crippen LogP contribution in [0, 0.1) is 0 Å². The maximum Gasteiger partial charge on any atom is 0.330 e. The van der Waals surface area contributed by atoms with Gasteiger partial charge in [-0.05, 0) is 0 Å². The molecule has 26 nitrogen and oxygen atoms in total. The highest BCUT2D eigenvalue weighted by atomic mass is 16.6. The Labute approximate surface area is 412 Å². The molecule has 0 amide bonds. The average molecular weight is 1020 g/mol. The SMILES string of the molecule is C=CC(=O)OCC(COC(=O)CN(CCN(CC(=O)OCC(COC(=O)C=C)OC(=O)C=C)CC(=O)OCC(COC(=O)C=C)OC(=O)C=C)CC(=O)OCC(COC(=O)C=C)OC(=O)C=C)OC(=O)C=C. The molecule has 0 aliphatic rings. The van der Waals surface area contributed by atoms with Gasteiger partial charge < -0.3 is 56.8 Å². The molecule has 0 N–H and O–H groups in total. The van der Waals surface area contributed by atoms with Crippen molar-refractivity contribution in [2.24, 2.45) is 0 Å². The zero-order valence-corrected chi connectivity index (χ0v) is 39.2. The second-order valence-electron chi connectivity index (χ2n) is 13.5. The molecule has 0 aliphatic carbocycles. The van der Waals surface area contributed by atoms with Gasteiger partial charge in [0.15, 0.2) is 24.4 Å². The van der Waals surface area contributed by atoms with E-state index in [0.717, 1.165) is 58.4 Å². The molecule has 0 aromatic carbocycles. The lowest BCUT2D eigenvalue weighted by Gasteiger charge is -2.26. The molecule has 0 aliphatic heterocycles. The fourth-order valence-corrected chi connectivity index (χ4v) is 4.62. The van der Waals surface area contributed by atoms with Crippen LogP contribution in [-0.2, 0) is 114 Å². The Morgan fingerprint density at radius 2 is 0.444 bits per heavy atom. The Hall–Kier alpha value is -8.52. The van der Waals surface area contributed by atoms with Crippen molar-refractivity contribution in [2.45, 2.75) is 24.4 Å². The largest absolute Gasteiger partial charge is 0.461 e. The first-order chi connectivity index (χ1) is 34.2. The number of carbonyl (C=O) groups is 12. The molecule has 0 bridgehead atoms. The Bertz CT molecular complexity index is 1730. The number of hydrogen-bond acceptors (Lipinski definition) is 26. The quantitative estimate of drug-likeness (QED) is 0.0408. The Morgan fingerprint density at radius 1 is 0.278 bits per heavy atom. The van der Waals surface area contributed by atoms with Crippen molar-refractivity contribution >= 4 is 71.6 Å². The van der Waals surface area contributed by atoms with Crippen LogP contribution in [0.2, 0.25) is 0 Å². The van der Waals surface area contributed by atoms with Gasteiger partial charge in [-0.15, -0.1) is 0 Å². The van der Waals surface area contributed by atoms with Gasteiger partial charge in [0, 0.05) is 61.7 Å². The van der Waals surface area contributed by atoms with E-state index < -0.39 is 188 Å². The van der Waals surface area contributed by atoms with E-state index in [1.165, 1.54) is 0 Å². The minimum absolute atomic E-state index is 0.420. The lowest BCUT2D eigenvalue weighted by Crippen LogP contribution is -2.45. The molecular weight excluding hydrogens is 964 g/mol. The molecule has 0 saturated carbocycles. The molecular formula is C46H56N2O24. The third kappa shape index (κ3) is 31.5. The molecule has 0 radical (unpaired) electrons. The van der Waals surface area contributed by atoms with Gasteiger partial charge in [0.1, 0.15) is 52.9 Å². The molecule has 72 heavy (non-hydrogen) atoms. The number of hydrogen-bond donors (Lipinski definition) is 0. The van der Waals surface area contributed by atoms with E-state index in [2.05, 4.69) is 52.6 Å². The monoisotopic (exact) mass is 1020 g/mol. The predicted molar refractivity (Wildman–Crippen MR) is 242 cm³/mol. The summed E-state index contributed by atoms with van der Waals surface area (Å²) in [5.74, 6) is -11.9. The Kier molecular flexibility index (Phi) is 33.0. The fraction of sp³-hybridized carbons (Fsp3) is 0.391. The summed E-state index contributed by atoms with van der Waals surface area (Å²) in [6, 6.07) is 0. The summed E-state index contributed by atoms with van der Waals surface area (Å²) in [7, 11) is 0. The van der Waals surface area contributed by atoms with Crippen molar-refractivity contribution in [3.05, 3.63) is 101 Å². The molecule has 0 rings (SSSR count). The highest BCUT2D eigenvalue weighted by molar-refractivity contribution is 5.84. The molecule has 0 aromatic rings. The molecule has 0 fully saturated rings. The van der Waals surface area contributed by atoms with Gasteiger partial charge in [-0.2, -0.15) is 0 Å². The van der Waals surface area contributed by atoms with Gasteiger partial charge in [0.2, 0.25) is 0 Å². The van der Waals surface area contributed by atoms with Crippen molar-refractivity contribution in [1.29, 1.82) is 0 Å². The van der Waals surface area contributed by atoms with Crippen LogP contribution in [-0.4, -0.2) is 198 Å². The van der Waals surface area contributed by atoms with Gasteiger partial charge >= 0.3 is 71.6 Å². The lowest BCUT2D eigenvalue weighted by molar-refractivity contribution is -0.165. The zero-order valence-electron chi connectivity index (χ0n) is 39.2. The van der Waals surface area contributed by atoms with E-state index in [9.17, 15) is 57.5 Å². The van der Waals surface area contributed by atoms with Crippen LogP contribution in [0.25, 0.3) is 0 Å². The van der Waals surface area contributed by atoms with Crippen LogP contribution in [0.15, 0.2) is 101 Å². The molecule has 26 heteroatoms. The van der Waals surface area contributed by atoms with Crippen LogP contribution < -0.4 is 0 Å². The second-order valence-corrected chi connectivity index (χ2v) is 13.5. The summed E-state index contributed by atoms with van der Waals surface area (Å²) in [6.07, 6.45) is 0.992. The molecule has 0 spiro atoms. The normalized spacial score (nSPS) is 11.9. The molecule has 0 saturated heterocycles. The first-order valence-corrected chi connectivity index (χ1v) is 20.8. The highest BCUT2D eigenvalue weighted by Crippen LogP contribution is 2.06. The second kappa shape index (κ2) is 37.4. The van der Waals surface area contributed by atoms with Crippen LogP contribution in [0.1, 0.15) is 0 Å². The number of rotatable bonds is 39. The van der Waals surface area contributed by atoms with Crippen LogP contribution in [0.4, 0.5) is 0 Å².